The molecule has 5 nitrogen and oxygen atoms in total. The molecule has 0 aliphatic carbocycles. The minimum absolute atomic E-state index is 0.0321. The van der Waals surface area contributed by atoms with Crippen LogP contribution in [0.4, 0.5) is 18.9 Å². The highest BCUT2D eigenvalue weighted by Gasteiger charge is 2.30. The molecule has 0 bridgehead atoms. The van der Waals surface area contributed by atoms with Gasteiger partial charge in [-0.2, -0.15) is 18.4 Å². The summed E-state index contributed by atoms with van der Waals surface area (Å²) in [5.74, 6) is 2.26. The number of nitrogens with zero attached hydrogens (tertiary/aromatic N) is 1. The molecule has 2 aromatic carbocycles. The summed E-state index contributed by atoms with van der Waals surface area (Å²) >= 11 is 1.99. The Hall–Kier alpha value is -3.18. The Bertz CT molecular complexity index is 1070. The van der Waals surface area contributed by atoms with Gasteiger partial charge in [-0.25, -0.2) is 0 Å². The van der Waals surface area contributed by atoms with Crippen molar-refractivity contribution < 1.29 is 27.4 Å². The fourth-order valence-electron chi connectivity index (χ4n) is 2.36. The van der Waals surface area contributed by atoms with Crippen molar-refractivity contribution in [1.29, 1.82) is 5.26 Å². The molecule has 0 radical (unpaired) electrons. The van der Waals surface area contributed by atoms with Gasteiger partial charge in [0.25, 0.3) is 5.91 Å². The van der Waals surface area contributed by atoms with Gasteiger partial charge in [-0.1, -0.05) is 12.0 Å². The number of carbonyl (C=O) groups is 1. The van der Waals surface area contributed by atoms with Crippen LogP contribution in [0.5, 0.6) is 11.5 Å². The summed E-state index contributed by atoms with van der Waals surface area (Å²) in [7, 11) is 1.42. The van der Waals surface area contributed by atoms with E-state index in [4.69, 9.17) is 15.9 Å². The minimum atomic E-state index is -4.55. The zero-order valence-corrected chi connectivity index (χ0v) is 17.7. The Morgan fingerprint density at radius 1 is 1.33 bits per heavy atom. The molecule has 0 aliphatic rings. The van der Waals surface area contributed by atoms with Crippen molar-refractivity contribution in [3.05, 3.63) is 56.7 Å². The number of terminal acetylenes is 1. The standard InChI is InChI=1S/C21H14F3IN2O3/c1-3-7-30-19-17(25)9-13(10-18(19)29-2)8-14(12-26)20(28)27-16-6-4-5-15(11-16)21(22,23)24/h1,4-6,8-11H,7H2,2H3,(H,27,28)/b14-8+. The van der Waals surface area contributed by atoms with Gasteiger partial charge >= 0.3 is 6.18 Å². The van der Waals surface area contributed by atoms with Crippen LogP contribution in [0.1, 0.15) is 11.1 Å². The molecular formula is C21H14F3IN2O3. The molecule has 0 aromatic heterocycles. The zero-order valence-electron chi connectivity index (χ0n) is 15.5. The molecule has 2 aromatic rings. The van der Waals surface area contributed by atoms with E-state index in [0.717, 1.165) is 18.2 Å². The Morgan fingerprint density at radius 3 is 2.67 bits per heavy atom. The van der Waals surface area contributed by atoms with E-state index in [1.807, 2.05) is 22.6 Å². The summed E-state index contributed by atoms with van der Waals surface area (Å²) in [6.45, 7) is 0.0321. The van der Waals surface area contributed by atoms with Crippen molar-refractivity contribution in [2.75, 3.05) is 19.0 Å². The molecule has 0 atom stereocenters. The number of hydrogen-bond donors (Lipinski definition) is 1. The van der Waals surface area contributed by atoms with Crippen molar-refractivity contribution in [1.82, 2.24) is 0 Å². The van der Waals surface area contributed by atoms with E-state index >= 15 is 0 Å². The van der Waals surface area contributed by atoms with Crippen LogP contribution in [0.15, 0.2) is 42.0 Å². The lowest BCUT2D eigenvalue weighted by molar-refractivity contribution is -0.137. The number of rotatable bonds is 6. The first-order valence-electron chi connectivity index (χ1n) is 8.23. The van der Waals surface area contributed by atoms with Gasteiger partial charge in [0.15, 0.2) is 11.5 Å². The van der Waals surface area contributed by atoms with Gasteiger partial charge in [0.1, 0.15) is 18.2 Å². The lowest BCUT2D eigenvalue weighted by Crippen LogP contribution is -2.14. The van der Waals surface area contributed by atoms with Crippen LogP contribution in [0.2, 0.25) is 0 Å². The van der Waals surface area contributed by atoms with Gasteiger partial charge in [-0.3, -0.25) is 4.79 Å². The lowest BCUT2D eigenvalue weighted by atomic mass is 10.1. The van der Waals surface area contributed by atoms with Crippen molar-refractivity contribution in [2.45, 2.75) is 6.18 Å². The number of anilines is 1. The van der Waals surface area contributed by atoms with Crippen LogP contribution >= 0.6 is 22.6 Å². The van der Waals surface area contributed by atoms with Gasteiger partial charge in [0, 0.05) is 5.69 Å². The third-order valence-corrected chi connectivity index (χ3v) is 4.48. The van der Waals surface area contributed by atoms with E-state index in [9.17, 15) is 23.2 Å². The largest absolute Gasteiger partial charge is 0.493 e. The average Bonchev–Trinajstić information content (AvgIpc) is 2.70. The number of alkyl halides is 3. The molecule has 0 spiro atoms. The van der Waals surface area contributed by atoms with Crippen LogP contribution in [0, 0.1) is 27.2 Å². The van der Waals surface area contributed by atoms with E-state index in [2.05, 4.69) is 11.2 Å². The predicted octanol–water partition coefficient (Wildman–Crippen LogP) is 4.88. The van der Waals surface area contributed by atoms with Crippen molar-refractivity contribution in [3.8, 4) is 29.9 Å². The molecule has 0 heterocycles. The molecule has 2 rings (SSSR count). The highest BCUT2D eigenvalue weighted by Crippen LogP contribution is 2.35. The van der Waals surface area contributed by atoms with Crippen LogP contribution in [0.3, 0.4) is 0 Å². The van der Waals surface area contributed by atoms with Gasteiger partial charge in [0.05, 0.1) is 16.2 Å². The Balaban J connectivity index is 2.31. The molecule has 9 heteroatoms. The van der Waals surface area contributed by atoms with Crippen LogP contribution in [0.25, 0.3) is 6.08 Å². The Labute approximate surface area is 184 Å². The number of amides is 1. The van der Waals surface area contributed by atoms with Crippen molar-refractivity contribution >= 4 is 40.3 Å². The molecule has 0 fully saturated rings. The SMILES string of the molecule is C#CCOc1c(I)cc(/C=C(\C#N)C(=O)Nc2cccc(C(F)(F)F)c2)cc1OC. The van der Waals surface area contributed by atoms with Gasteiger partial charge in [-0.15, -0.1) is 6.42 Å². The van der Waals surface area contributed by atoms with Gasteiger partial charge in [-0.05, 0) is 64.6 Å². The molecule has 0 saturated carbocycles. The monoisotopic (exact) mass is 526 g/mol. The van der Waals surface area contributed by atoms with E-state index in [0.29, 0.717) is 20.6 Å². The summed E-state index contributed by atoms with van der Waals surface area (Å²) in [6, 6.07) is 9.07. The molecule has 154 valence electrons. The number of nitriles is 1. The molecule has 0 saturated heterocycles. The summed E-state index contributed by atoms with van der Waals surface area (Å²) < 4.78 is 49.8. The summed E-state index contributed by atoms with van der Waals surface area (Å²) in [5.41, 5.74) is -0.839. The zero-order chi connectivity index (χ0) is 22.3. The molecule has 1 amide bonds. The molecular weight excluding hydrogens is 512 g/mol. The van der Waals surface area contributed by atoms with Crippen LogP contribution < -0.4 is 14.8 Å². The number of nitrogens with one attached hydrogen (secondary N) is 1. The molecule has 0 aliphatic heterocycles. The number of hydrogen-bond acceptors (Lipinski definition) is 4. The van der Waals surface area contributed by atoms with Crippen LogP contribution in [-0.4, -0.2) is 19.6 Å². The molecule has 30 heavy (non-hydrogen) atoms. The van der Waals surface area contributed by atoms with Gasteiger partial charge in [0.2, 0.25) is 0 Å². The lowest BCUT2D eigenvalue weighted by Gasteiger charge is -2.12. The molecule has 1 N–H and O–H groups in total. The number of methoxy groups -OCH3 is 1. The van der Waals surface area contributed by atoms with E-state index < -0.39 is 17.6 Å². The molecule has 0 unspecified atom stereocenters. The number of carbonyl (C=O) groups excluding carboxylic acids is 1. The Kier molecular flexibility index (Phi) is 7.72. The second kappa shape index (κ2) is 10.0. The summed E-state index contributed by atoms with van der Waals surface area (Å²) in [5, 5.41) is 11.6. The Morgan fingerprint density at radius 2 is 2.07 bits per heavy atom. The van der Waals surface area contributed by atoms with Gasteiger partial charge < -0.3 is 14.8 Å². The van der Waals surface area contributed by atoms with Crippen LogP contribution in [-0.2, 0) is 11.0 Å². The number of halogens is 4. The maximum Gasteiger partial charge on any atom is 0.416 e. The summed E-state index contributed by atoms with van der Waals surface area (Å²) in [4.78, 5) is 12.4. The first-order chi connectivity index (χ1) is 14.2. The average molecular weight is 526 g/mol. The quantitative estimate of drug-likeness (QED) is 0.252. The second-order valence-corrected chi connectivity index (χ2v) is 6.89. The highest BCUT2D eigenvalue weighted by molar-refractivity contribution is 14.1. The highest BCUT2D eigenvalue weighted by atomic mass is 127. The fraction of sp³-hybridized carbons (Fsp3) is 0.143. The van der Waals surface area contributed by atoms with Crippen molar-refractivity contribution in [2.24, 2.45) is 0 Å². The summed E-state index contributed by atoms with van der Waals surface area (Å²) in [6.07, 6.45) is 1.93. The minimum Gasteiger partial charge on any atom is -0.493 e. The first kappa shape index (κ1) is 23.1. The first-order valence-corrected chi connectivity index (χ1v) is 9.31. The third kappa shape index (κ3) is 5.91. The maximum absolute atomic E-state index is 12.8. The van der Waals surface area contributed by atoms with E-state index in [-0.39, 0.29) is 17.9 Å². The van der Waals surface area contributed by atoms with E-state index in [1.165, 1.54) is 19.3 Å². The van der Waals surface area contributed by atoms with Crippen molar-refractivity contribution in [3.63, 3.8) is 0 Å². The maximum atomic E-state index is 12.8. The number of ether oxygens (including phenoxy) is 2. The third-order valence-electron chi connectivity index (χ3n) is 3.68. The topological polar surface area (TPSA) is 71.3 Å². The predicted molar refractivity (Wildman–Crippen MR) is 114 cm³/mol. The fourth-order valence-corrected chi connectivity index (χ4v) is 3.15. The van der Waals surface area contributed by atoms with E-state index in [1.54, 1.807) is 18.2 Å². The normalized spacial score (nSPS) is 11.2. The second-order valence-electron chi connectivity index (χ2n) is 5.73. The smallest absolute Gasteiger partial charge is 0.416 e. The number of benzene rings is 2.